The number of hydrogen-bond donors (Lipinski definition) is 0. The molecule has 86 valence electrons. The normalized spacial score (nSPS) is 46.0. The van der Waals surface area contributed by atoms with Crippen LogP contribution >= 0.6 is 0 Å². The topological polar surface area (TPSA) is 26.3 Å². The Kier molecular flexibility index (Phi) is 1.90. The molecular formula is C14H18O2. The first kappa shape index (κ1) is 10.1. The lowest BCUT2D eigenvalue weighted by Crippen LogP contribution is -2.54. The molecule has 3 fully saturated rings. The maximum atomic E-state index is 11.3. The van der Waals surface area contributed by atoms with Gasteiger partial charge < -0.3 is 4.74 Å². The largest absolute Gasteiger partial charge is 0.459 e. The maximum absolute atomic E-state index is 11.3. The van der Waals surface area contributed by atoms with Crippen LogP contribution in [0.4, 0.5) is 0 Å². The molecule has 0 radical (unpaired) electrons. The number of carbonyl (C=O) groups is 1. The number of carbonyl (C=O) groups excluding carboxylic acids is 1. The lowest BCUT2D eigenvalue weighted by Gasteiger charge is -2.52. The zero-order valence-corrected chi connectivity index (χ0v) is 9.85. The van der Waals surface area contributed by atoms with Crippen LogP contribution in [0.5, 0.6) is 0 Å². The molecule has 0 aromatic rings. The summed E-state index contributed by atoms with van der Waals surface area (Å²) >= 11 is 0. The standard InChI is InChI=1S/C14H18O2/c1-4-10(15)16-13-11-8-6-5-7-9(8)12(13)14(11,2)3/h4-6,8-9,11-13H,1,7H2,2-3H3. The zero-order chi connectivity index (χ0) is 11.5. The molecule has 0 saturated heterocycles. The van der Waals surface area contributed by atoms with E-state index in [1.807, 2.05) is 0 Å². The molecule has 4 rings (SSSR count). The lowest BCUT2D eigenvalue weighted by atomic mass is 9.56. The Morgan fingerprint density at radius 3 is 2.88 bits per heavy atom. The Bertz CT molecular complexity index is 380. The Morgan fingerprint density at radius 1 is 1.50 bits per heavy atom. The van der Waals surface area contributed by atoms with Gasteiger partial charge in [-0.05, 0) is 23.7 Å². The van der Waals surface area contributed by atoms with E-state index < -0.39 is 0 Å². The van der Waals surface area contributed by atoms with Gasteiger partial charge in [0, 0.05) is 17.9 Å². The summed E-state index contributed by atoms with van der Waals surface area (Å²) in [7, 11) is 0. The average molecular weight is 218 g/mol. The summed E-state index contributed by atoms with van der Waals surface area (Å²) in [5.74, 6) is 2.15. The van der Waals surface area contributed by atoms with Gasteiger partial charge in [-0.1, -0.05) is 32.6 Å². The van der Waals surface area contributed by atoms with Crippen molar-refractivity contribution in [2.45, 2.75) is 26.4 Å². The molecule has 4 aliphatic carbocycles. The van der Waals surface area contributed by atoms with Gasteiger partial charge in [0.25, 0.3) is 0 Å². The van der Waals surface area contributed by atoms with Gasteiger partial charge in [0.05, 0.1) is 0 Å². The lowest BCUT2D eigenvalue weighted by molar-refractivity contribution is -0.176. The predicted molar refractivity (Wildman–Crippen MR) is 61.6 cm³/mol. The SMILES string of the molecule is C=CC(=O)OC1C2C3C=CCC3C1C2(C)C. The quantitative estimate of drug-likeness (QED) is 0.404. The van der Waals surface area contributed by atoms with E-state index in [1.54, 1.807) is 0 Å². The van der Waals surface area contributed by atoms with Gasteiger partial charge in [0.15, 0.2) is 0 Å². The van der Waals surface area contributed by atoms with Gasteiger partial charge in [0.1, 0.15) is 6.10 Å². The molecule has 5 atom stereocenters. The third-order valence-electron chi connectivity index (χ3n) is 4.98. The van der Waals surface area contributed by atoms with Gasteiger partial charge in [-0.2, -0.15) is 0 Å². The van der Waals surface area contributed by atoms with Gasteiger partial charge in [-0.3, -0.25) is 0 Å². The Hall–Kier alpha value is -1.05. The molecule has 0 spiro atoms. The highest BCUT2D eigenvalue weighted by Crippen LogP contribution is 2.70. The molecule has 0 aliphatic heterocycles. The second kappa shape index (κ2) is 2.99. The first-order chi connectivity index (χ1) is 7.57. The second-order valence-electron chi connectivity index (χ2n) is 5.88. The van der Waals surface area contributed by atoms with E-state index in [2.05, 4.69) is 32.6 Å². The van der Waals surface area contributed by atoms with Gasteiger partial charge >= 0.3 is 5.97 Å². The van der Waals surface area contributed by atoms with Crippen molar-refractivity contribution in [1.29, 1.82) is 0 Å². The molecule has 3 saturated carbocycles. The average Bonchev–Trinajstić information content (AvgIpc) is 2.80. The summed E-state index contributed by atoms with van der Waals surface area (Å²) in [4.78, 5) is 11.3. The van der Waals surface area contributed by atoms with E-state index in [0.717, 1.165) is 6.42 Å². The summed E-state index contributed by atoms with van der Waals surface area (Å²) in [6, 6.07) is 0. The number of ether oxygens (including phenoxy) is 1. The van der Waals surface area contributed by atoms with E-state index in [4.69, 9.17) is 4.74 Å². The van der Waals surface area contributed by atoms with Crippen LogP contribution in [0.25, 0.3) is 0 Å². The molecule has 0 aromatic carbocycles. The Labute approximate surface area is 96.4 Å². The minimum absolute atomic E-state index is 0.139. The maximum Gasteiger partial charge on any atom is 0.330 e. The number of allylic oxidation sites excluding steroid dienone is 2. The van der Waals surface area contributed by atoms with Crippen LogP contribution in [-0.4, -0.2) is 12.1 Å². The van der Waals surface area contributed by atoms with E-state index >= 15 is 0 Å². The van der Waals surface area contributed by atoms with Crippen molar-refractivity contribution in [3.8, 4) is 0 Å². The molecule has 0 aromatic heterocycles. The van der Waals surface area contributed by atoms with Gasteiger partial charge in [-0.25, -0.2) is 4.79 Å². The summed E-state index contributed by atoms with van der Waals surface area (Å²) < 4.78 is 5.50. The van der Waals surface area contributed by atoms with Crippen LogP contribution < -0.4 is 0 Å². The Morgan fingerprint density at radius 2 is 2.25 bits per heavy atom. The fourth-order valence-corrected chi connectivity index (χ4v) is 4.48. The van der Waals surface area contributed by atoms with Crippen molar-refractivity contribution in [3.63, 3.8) is 0 Å². The summed E-state index contributed by atoms with van der Waals surface area (Å²) in [5.41, 5.74) is 0.339. The van der Waals surface area contributed by atoms with E-state index in [9.17, 15) is 4.79 Å². The molecule has 4 aliphatic rings. The first-order valence-electron chi connectivity index (χ1n) is 6.07. The molecule has 2 nitrogen and oxygen atoms in total. The number of rotatable bonds is 2. The highest BCUT2D eigenvalue weighted by atomic mass is 16.5. The summed E-state index contributed by atoms with van der Waals surface area (Å²) in [6.07, 6.45) is 7.20. The molecular weight excluding hydrogens is 200 g/mol. The third-order valence-corrected chi connectivity index (χ3v) is 4.98. The van der Waals surface area contributed by atoms with Crippen LogP contribution in [0.15, 0.2) is 24.8 Å². The highest BCUT2D eigenvalue weighted by molar-refractivity contribution is 5.81. The molecule has 16 heavy (non-hydrogen) atoms. The number of hydrogen-bond acceptors (Lipinski definition) is 2. The van der Waals surface area contributed by atoms with Crippen molar-refractivity contribution >= 4 is 5.97 Å². The van der Waals surface area contributed by atoms with Crippen molar-refractivity contribution in [3.05, 3.63) is 24.8 Å². The molecule has 2 bridgehead atoms. The monoisotopic (exact) mass is 218 g/mol. The zero-order valence-electron chi connectivity index (χ0n) is 9.85. The van der Waals surface area contributed by atoms with Crippen LogP contribution in [-0.2, 0) is 9.53 Å². The highest BCUT2D eigenvalue weighted by Gasteiger charge is 2.71. The predicted octanol–water partition coefficient (Wildman–Crippen LogP) is 2.56. The van der Waals surface area contributed by atoms with Gasteiger partial charge in [0.2, 0.25) is 0 Å². The second-order valence-corrected chi connectivity index (χ2v) is 5.88. The van der Waals surface area contributed by atoms with Crippen molar-refractivity contribution in [1.82, 2.24) is 0 Å². The van der Waals surface area contributed by atoms with E-state index in [-0.39, 0.29) is 12.1 Å². The summed E-state index contributed by atoms with van der Waals surface area (Å²) in [5, 5.41) is 0. The van der Waals surface area contributed by atoms with Crippen LogP contribution in [0.3, 0.4) is 0 Å². The number of esters is 1. The van der Waals surface area contributed by atoms with Crippen molar-refractivity contribution < 1.29 is 9.53 Å². The van der Waals surface area contributed by atoms with E-state index in [1.165, 1.54) is 6.08 Å². The smallest absolute Gasteiger partial charge is 0.330 e. The molecule has 0 N–H and O–H groups in total. The minimum Gasteiger partial charge on any atom is -0.459 e. The van der Waals surface area contributed by atoms with Crippen molar-refractivity contribution in [2.75, 3.05) is 0 Å². The first-order valence-corrected chi connectivity index (χ1v) is 6.07. The van der Waals surface area contributed by atoms with Crippen LogP contribution in [0.1, 0.15) is 20.3 Å². The fourth-order valence-electron chi connectivity index (χ4n) is 4.48. The molecule has 5 unspecified atom stereocenters. The molecule has 2 heteroatoms. The van der Waals surface area contributed by atoms with Crippen molar-refractivity contribution in [2.24, 2.45) is 29.1 Å². The summed E-state index contributed by atoms with van der Waals surface area (Å²) in [6.45, 7) is 8.09. The third kappa shape index (κ3) is 1.00. The fraction of sp³-hybridized carbons (Fsp3) is 0.643. The van der Waals surface area contributed by atoms with Gasteiger partial charge in [-0.15, -0.1) is 0 Å². The minimum atomic E-state index is -0.264. The Balaban J connectivity index is 1.84. The molecule has 0 amide bonds. The van der Waals surface area contributed by atoms with Crippen LogP contribution in [0.2, 0.25) is 0 Å². The van der Waals surface area contributed by atoms with Crippen LogP contribution in [0, 0.1) is 29.1 Å². The van der Waals surface area contributed by atoms with E-state index in [0.29, 0.717) is 29.1 Å². The molecule has 0 heterocycles.